The maximum Gasteiger partial charge on any atom is 0.243 e. The van der Waals surface area contributed by atoms with Crippen LogP contribution >= 0.6 is 23.2 Å². The summed E-state index contributed by atoms with van der Waals surface area (Å²) in [5, 5.41) is 1.22. The van der Waals surface area contributed by atoms with Gasteiger partial charge in [0.25, 0.3) is 0 Å². The maximum atomic E-state index is 13.5. The zero-order valence-corrected chi connectivity index (χ0v) is 20.7. The van der Waals surface area contributed by atoms with Crippen LogP contribution in [0, 0.1) is 6.92 Å². The Bertz CT molecular complexity index is 1380. The average molecular weight is 513 g/mol. The van der Waals surface area contributed by atoms with Gasteiger partial charge in [-0.2, -0.15) is 4.31 Å². The zero-order chi connectivity index (χ0) is 24.1. The summed E-state index contributed by atoms with van der Waals surface area (Å²) in [7, 11) is -3.78. The maximum absolute atomic E-state index is 13.5. The predicted molar refractivity (Wildman–Crippen MR) is 136 cm³/mol. The first-order valence-corrected chi connectivity index (χ1v) is 12.7. The molecular weight excluding hydrogens is 491 g/mol. The lowest BCUT2D eigenvalue weighted by atomic mass is 10.2. The number of halogens is 2. The van der Waals surface area contributed by atoms with Gasteiger partial charge in [-0.1, -0.05) is 53.0 Å². The van der Waals surface area contributed by atoms with E-state index in [2.05, 4.69) is 4.99 Å². The lowest BCUT2D eigenvalue weighted by Gasteiger charge is -2.21. The van der Waals surface area contributed by atoms with Crippen LogP contribution < -0.4 is 0 Å². The third kappa shape index (κ3) is 6.15. The summed E-state index contributed by atoms with van der Waals surface area (Å²) in [5.41, 5.74) is 2.53. The molecule has 3 aromatic carbocycles. The Morgan fingerprint density at radius 3 is 2.09 bits per heavy atom. The molecule has 1 heterocycles. The van der Waals surface area contributed by atoms with Gasteiger partial charge in [0, 0.05) is 16.6 Å². The number of sulfonamides is 1. The van der Waals surface area contributed by atoms with Crippen LogP contribution in [0.3, 0.4) is 0 Å². The molecular formula is C26H22Cl2N2O3S. The number of nitrogens with zero attached hydrogens (tertiary/aromatic N) is 2. The van der Waals surface area contributed by atoms with Crippen molar-refractivity contribution in [3.63, 3.8) is 0 Å². The van der Waals surface area contributed by atoms with Gasteiger partial charge in [-0.05, 0) is 73.2 Å². The van der Waals surface area contributed by atoms with Crippen molar-refractivity contribution in [2.75, 3.05) is 0 Å². The van der Waals surface area contributed by atoms with E-state index in [0.29, 0.717) is 21.6 Å². The summed E-state index contributed by atoms with van der Waals surface area (Å²) in [4.78, 5) is 4.59. The Balaban J connectivity index is 1.58. The highest BCUT2D eigenvalue weighted by Gasteiger charge is 2.26. The first-order valence-electron chi connectivity index (χ1n) is 10.5. The van der Waals surface area contributed by atoms with Crippen LogP contribution in [0.15, 0.2) is 99.2 Å². The summed E-state index contributed by atoms with van der Waals surface area (Å²) in [5.74, 6) is 1.02. The highest BCUT2D eigenvalue weighted by molar-refractivity contribution is 7.89. The van der Waals surface area contributed by atoms with Crippen molar-refractivity contribution in [3.05, 3.63) is 118 Å². The molecule has 8 heteroatoms. The molecule has 0 amide bonds. The smallest absolute Gasteiger partial charge is 0.243 e. The van der Waals surface area contributed by atoms with E-state index in [4.69, 9.17) is 27.6 Å². The summed E-state index contributed by atoms with van der Waals surface area (Å²) in [6.45, 7) is 2.15. The van der Waals surface area contributed by atoms with Crippen molar-refractivity contribution < 1.29 is 12.8 Å². The summed E-state index contributed by atoms with van der Waals surface area (Å²) in [6.07, 6.45) is 1.59. The minimum Gasteiger partial charge on any atom is -0.459 e. The molecule has 5 nitrogen and oxygen atoms in total. The number of benzene rings is 3. The highest BCUT2D eigenvalue weighted by Crippen LogP contribution is 2.23. The second kappa shape index (κ2) is 10.6. The number of furan rings is 1. The van der Waals surface area contributed by atoms with Crippen LogP contribution in [0.5, 0.6) is 0 Å². The molecule has 0 radical (unpaired) electrons. The van der Waals surface area contributed by atoms with E-state index in [1.54, 1.807) is 79.0 Å². The SMILES string of the molecule is Cc1ccc(S(=O)(=O)N(Cc2ccc(Cl)cc2)Cc2ccc(C=Nc3ccc(Cl)cc3)o2)cc1. The summed E-state index contributed by atoms with van der Waals surface area (Å²) >= 11 is 11.9. The van der Waals surface area contributed by atoms with Gasteiger partial charge < -0.3 is 4.42 Å². The Kier molecular flexibility index (Phi) is 7.54. The van der Waals surface area contributed by atoms with Crippen LogP contribution in [0.4, 0.5) is 5.69 Å². The molecule has 0 N–H and O–H groups in total. The van der Waals surface area contributed by atoms with Crippen LogP contribution in [-0.4, -0.2) is 18.9 Å². The van der Waals surface area contributed by atoms with E-state index in [1.165, 1.54) is 4.31 Å². The molecule has 0 aliphatic rings. The van der Waals surface area contributed by atoms with Crippen molar-refractivity contribution in [3.8, 4) is 0 Å². The third-order valence-corrected chi connectivity index (χ3v) is 7.42. The molecule has 0 saturated carbocycles. The molecule has 0 bridgehead atoms. The van der Waals surface area contributed by atoms with E-state index in [1.807, 2.05) is 19.1 Å². The molecule has 0 aliphatic carbocycles. The Morgan fingerprint density at radius 1 is 0.824 bits per heavy atom. The van der Waals surface area contributed by atoms with Gasteiger partial charge in [-0.25, -0.2) is 8.42 Å². The molecule has 1 aromatic heterocycles. The van der Waals surface area contributed by atoms with Crippen LogP contribution in [0.25, 0.3) is 0 Å². The topological polar surface area (TPSA) is 62.9 Å². The fraction of sp³-hybridized carbons (Fsp3) is 0.115. The normalized spacial score (nSPS) is 12.0. The number of hydrogen-bond donors (Lipinski definition) is 0. The largest absolute Gasteiger partial charge is 0.459 e. The van der Waals surface area contributed by atoms with Gasteiger partial charge in [0.05, 0.1) is 23.3 Å². The van der Waals surface area contributed by atoms with Crippen molar-refractivity contribution in [1.29, 1.82) is 0 Å². The fourth-order valence-corrected chi connectivity index (χ4v) is 4.91. The van der Waals surface area contributed by atoms with Crippen LogP contribution in [0.1, 0.15) is 22.6 Å². The average Bonchev–Trinajstić information content (AvgIpc) is 3.27. The Hall–Kier alpha value is -2.90. The molecule has 4 rings (SSSR count). The van der Waals surface area contributed by atoms with E-state index >= 15 is 0 Å². The second-order valence-electron chi connectivity index (χ2n) is 7.75. The van der Waals surface area contributed by atoms with Gasteiger partial charge in [-0.3, -0.25) is 4.99 Å². The molecule has 4 aromatic rings. The third-order valence-electron chi connectivity index (χ3n) is 5.11. The minimum atomic E-state index is -3.78. The molecule has 0 atom stereocenters. The van der Waals surface area contributed by atoms with Crippen molar-refractivity contribution in [2.24, 2.45) is 4.99 Å². The minimum absolute atomic E-state index is 0.0631. The molecule has 34 heavy (non-hydrogen) atoms. The summed E-state index contributed by atoms with van der Waals surface area (Å²) in [6, 6.07) is 24.5. The monoisotopic (exact) mass is 512 g/mol. The van der Waals surface area contributed by atoms with E-state index < -0.39 is 10.0 Å². The standard InChI is InChI=1S/C26H22Cl2N2O3S/c1-19-2-14-26(15-3-19)34(31,32)30(17-20-4-6-21(27)7-5-20)18-25-13-12-24(33-25)16-29-23-10-8-22(28)9-11-23/h2-16H,17-18H2,1H3. The first kappa shape index (κ1) is 24.2. The Morgan fingerprint density at radius 2 is 1.44 bits per heavy atom. The van der Waals surface area contributed by atoms with Gasteiger partial charge in [0.15, 0.2) is 0 Å². The number of aryl methyl sites for hydroxylation is 1. The zero-order valence-electron chi connectivity index (χ0n) is 18.4. The van der Waals surface area contributed by atoms with Crippen LogP contribution in [0.2, 0.25) is 10.0 Å². The van der Waals surface area contributed by atoms with Crippen molar-refractivity contribution in [1.82, 2.24) is 4.31 Å². The van der Waals surface area contributed by atoms with E-state index in [0.717, 1.165) is 16.8 Å². The molecule has 0 fully saturated rings. The molecule has 174 valence electrons. The lowest BCUT2D eigenvalue weighted by molar-refractivity contribution is 0.357. The lowest BCUT2D eigenvalue weighted by Crippen LogP contribution is -2.30. The quantitative estimate of drug-likeness (QED) is 0.238. The number of rotatable bonds is 8. The number of aliphatic imine (C=N–C) groups is 1. The highest BCUT2D eigenvalue weighted by atomic mass is 35.5. The van der Waals surface area contributed by atoms with Crippen LogP contribution in [-0.2, 0) is 23.1 Å². The van der Waals surface area contributed by atoms with Gasteiger partial charge in [-0.15, -0.1) is 0 Å². The molecule has 0 spiro atoms. The predicted octanol–water partition coefficient (Wildman–Crippen LogP) is 7.04. The molecule has 0 saturated heterocycles. The fourth-order valence-electron chi connectivity index (χ4n) is 3.27. The van der Waals surface area contributed by atoms with Crippen molar-refractivity contribution >= 4 is 45.1 Å². The van der Waals surface area contributed by atoms with E-state index in [9.17, 15) is 8.42 Å². The van der Waals surface area contributed by atoms with E-state index in [-0.39, 0.29) is 18.0 Å². The van der Waals surface area contributed by atoms with Gasteiger partial charge in [0.1, 0.15) is 11.5 Å². The number of hydrogen-bond acceptors (Lipinski definition) is 4. The van der Waals surface area contributed by atoms with Crippen molar-refractivity contribution in [2.45, 2.75) is 24.9 Å². The summed E-state index contributed by atoms with van der Waals surface area (Å²) < 4.78 is 34.2. The first-order chi connectivity index (χ1) is 16.3. The second-order valence-corrected chi connectivity index (χ2v) is 10.6. The van der Waals surface area contributed by atoms with Gasteiger partial charge >= 0.3 is 0 Å². The Labute approximate surface area is 209 Å². The van der Waals surface area contributed by atoms with Gasteiger partial charge in [0.2, 0.25) is 10.0 Å². The molecule has 0 aliphatic heterocycles. The molecule has 0 unspecified atom stereocenters.